The molecule has 0 amide bonds. The molecule has 0 aromatic rings. The molecule has 20 heavy (non-hydrogen) atoms. The highest BCUT2D eigenvalue weighted by Crippen LogP contribution is 2.21. The molecule has 1 fully saturated rings. The first-order valence-corrected chi connectivity index (χ1v) is 6.10. The second-order valence-electron chi connectivity index (χ2n) is 4.49. The van der Waals surface area contributed by atoms with Crippen molar-refractivity contribution >= 4 is 5.97 Å². The average Bonchev–Trinajstić information content (AvgIpc) is 2.42. The molecule has 1 saturated heterocycles. The van der Waals surface area contributed by atoms with Gasteiger partial charge in [0, 0.05) is 6.92 Å². The van der Waals surface area contributed by atoms with Gasteiger partial charge in [0.2, 0.25) is 0 Å². The zero-order valence-corrected chi connectivity index (χ0v) is 11.0. The van der Waals surface area contributed by atoms with Gasteiger partial charge >= 0.3 is 5.97 Å². The van der Waals surface area contributed by atoms with Crippen molar-refractivity contribution in [2.45, 2.75) is 43.7 Å². The average molecular weight is 296 g/mol. The van der Waals surface area contributed by atoms with Crippen LogP contribution in [0.1, 0.15) is 6.92 Å². The summed E-state index contributed by atoms with van der Waals surface area (Å²) < 4.78 is 14.6. The van der Waals surface area contributed by atoms with Crippen molar-refractivity contribution in [2.24, 2.45) is 0 Å². The summed E-state index contributed by atoms with van der Waals surface area (Å²) in [4.78, 5) is 10.5. The van der Waals surface area contributed by atoms with Gasteiger partial charge in [0.15, 0.2) is 6.29 Å². The van der Waals surface area contributed by atoms with Crippen LogP contribution in [0.25, 0.3) is 0 Å². The van der Waals surface area contributed by atoms with Crippen LogP contribution in [0.2, 0.25) is 0 Å². The summed E-state index contributed by atoms with van der Waals surface area (Å²) >= 11 is 0. The summed E-state index contributed by atoms with van der Waals surface area (Å²) in [5, 5.41) is 47.1. The van der Waals surface area contributed by atoms with E-state index in [1.807, 2.05) is 0 Å². The Morgan fingerprint density at radius 2 is 1.85 bits per heavy atom. The van der Waals surface area contributed by atoms with E-state index in [2.05, 4.69) is 4.74 Å². The van der Waals surface area contributed by atoms with Crippen molar-refractivity contribution < 1.29 is 44.5 Å². The highest BCUT2D eigenvalue weighted by molar-refractivity contribution is 5.65. The Kier molecular flexibility index (Phi) is 6.76. The van der Waals surface area contributed by atoms with E-state index in [1.54, 1.807) is 0 Å². The largest absolute Gasteiger partial charge is 0.463 e. The van der Waals surface area contributed by atoms with E-state index in [-0.39, 0.29) is 13.2 Å². The summed E-state index contributed by atoms with van der Waals surface area (Å²) in [6, 6.07) is 0. The molecule has 1 heterocycles. The van der Waals surface area contributed by atoms with Gasteiger partial charge in [-0.05, 0) is 0 Å². The zero-order chi connectivity index (χ0) is 15.3. The van der Waals surface area contributed by atoms with Crippen LogP contribution < -0.4 is 0 Å². The molecule has 1 aliphatic rings. The maximum atomic E-state index is 10.5. The third-order valence-corrected chi connectivity index (χ3v) is 2.78. The number of hydrogen-bond acceptors (Lipinski definition) is 9. The number of ether oxygens (including phenoxy) is 3. The lowest BCUT2D eigenvalue weighted by atomic mass is 9.99. The number of carbonyl (C=O) groups excluding carboxylic acids is 1. The fraction of sp³-hybridized carbons (Fsp3) is 0.909. The van der Waals surface area contributed by atoms with E-state index in [4.69, 9.17) is 14.6 Å². The van der Waals surface area contributed by atoms with Crippen LogP contribution in [0.4, 0.5) is 0 Å². The number of aliphatic hydroxyl groups is 5. The number of rotatable bonds is 6. The van der Waals surface area contributed by atoms with Gasteiger partial charge in [-0.3, -0.25) is 4.79 Å². The van der Waals surface area contributed by atoms with Gasteiger partial charge in [-0.15, -0.1) is 0 Å². The number of carbonyl (C=O) groups is 1. The second kappa shape index (κ2) is 7.84. The van der Waals surface area contributed by atoms with Crippen LogP contribution in [0.5, 0.6) is 0 Å². The quantitative estimate of drug-likeness (QED) is 0.318. The minimum Gasteiger partial charge on any atom is -0.463 e. The molecule has 0 bridgehead atoms. The fourth-order valence-electron chi connectivity index (χ4n) is 1.67. The van der Waals surface area contributed by atoms with Gasteiger partial charge in [-0.25, -0.2) is 0 Å². The number of aliphatic hydroxyl groups excluding tert-OH is 5. The minimum atomic E-state index is -1.54. The van der Waals surface area contributed by atoms with Crippen molar-refractivity contribution in [3.63, 3.8) is 0 Å². The number of hydrogen-bond donors (Lipinski definition) is 5. The summed E-state index contributed by atoms with van der Waals surface area (Å²) in [7, 11) is 0. The Morgan fingerprint density at radius 3 is 2.40 bits per heavy atom. The molecule has 5 N–H and O–H groups in total. The maximum absolute atomic E-state index is 10.5. The van der Waals surface area contributed by atoms with Gasteiger partial charge in [0.05, 0.1) is 13.2 Å². The predicted octanol–water partition coefficient (Wildman–Crippen LogP) is -3.27. The highest BCUT2D eigenvalue weighted by atomic mass is 16.7. The van der Waals surface area contributed by atoms with Crippen LogP contribution in [-0.4, -0.2) is 88.1 Å². The van der Waals surface area contributed by atoms with Crippen LogP contribution >= 0.6 is 0 Å². The highest BCUT2D eigenvalue weighted by Gasteiger charge is 2.44. The lowest BCUT2D eigenvalue weighted by molar-refractivity contribution is -0.304. The molecule has 0 radical (unpaired) electrons. The maximum Gasteiger partial charge on any atom is 0.302 e. The molecule has 9 heteroatoms. The van der Waals surface area contributed by atoms with Crippen molar-refractivity contribution in [1.82, 2.24) is 0 Å². The van der Waals surface area contributed by atoms with Crippen molar-refractivity contribution in [1.29, 1.82) is 0 Å². The molecule has 1 aliphatic heterocycles. The van der Waals surface area contributed by atoms with Crippen molar-refractivity contribution in [2.75, 3.05) is 19.8 Å². The first kappa shape index (κ1) is 17.2. The smallest absolute Gasteiger partial charge is 0.302 e. The first-order chi connectivity index (χ1) is 9.36. The van der Waals surface area contributed by atoms with Crippen LogP contribution in [0.3, 0.4) is 0 Å². The zero-order valence-electron chi connectivity index (χ0n) is 11.0. The Morgan fingerprint density at radius 1 is 1.20 bits per heavy atom. The molecule has 9 nitrogen and oxygen atoms in total. The van der Waals surface area contributed by atoms with E-state index in [9.17, 15) is 25.2 Å². The van der Waals surface area contributed by atoms with Gasteiger partial charge in [-0.1, -0.05) is 0 Å². The molecule has 118 valence electrons. The standard InChI is InChI=1S/C11H20O9/c1-5(13)18-3-6(14)4-19-11-10(17)9(16)8(15)7(2-12)20-11/h6-12,14-17H,2-4H2,1H3. The van der Waals surface area contributed by atoms with Crippen molar-refractivity contribution in [3.05, 3.63) is 0 Å². The van der Waals surface area contributed by atoms with E-state index in [0.29, 0.717) is 0 Å². The molecular formula is C11H20O9. The van der Waals surface area contributed by atoms with Crippen LogP contribution in [0, 0.1) is 0 Å². The van der Waals surface area contributed by atoms with Gasteiger partial charge < -0.3 is 39.7 Å². The molecule has 0 aliphatic carbocycles. The summed E-state index contributed by atoms with van der Waals surface area (Å²) in [5.74, 6) is -0.558. The summed E-state index contributed by atoms with van der Waals surface area (Å²) in [6.45, 7) is 0.00863. The second-order valence-corrected chi connectivity index (χ2v) is 4.49. The molecule has 6 unspecified atom stereocenters. The molecule has 0 spiro atoms. The normalized spacial score (nSPS) is 35.6. The fourth-order valence-corrected chi connectivity index (χ4v) is 1.67. The van der Waals surface area contributed by atoms with Gasteiger partial charge in [0.1, 0.15) is 37.1 Å². The Labute approximate surface area is 115 Å². The predicted molar refractivity (Wildman–Crippen MR) is 62.4 cm³/mol. The molecule has 6 atom stereocenters. The molecule has 0 aromatic heterocycles. The monoisotopic (exact) mass is 296 g/mol. The van der Waals surface area contributed by atoms with E-state index in [1.165, 1.54) is 6.92 Å². The molecule has 0 aromatic carbocycles. The third-order valence-electron chi connectivity index (χ3n) is 2.78. The lowest BCUT2D eigenvalue weighted by Crippen LogP contribution is -2.59. The molecule has 0 saturated carbocycles. The van der Waals surface area contributed by atoms with Crippen molar-refractivity contribution in [3.8, 4) is 0 Å². The number of esters is 1. The van der Waals surface area contributed by atoms with Crippen LogP contribution in [-0.2, 0) is 19.0 Å². The van der Waals surface area contributed by atoms with Gasteiger partial charge in [0.25, 0.3) is 0 Å². The Hall–Kier alpha value is -0.810. The third kappa shape index (κ3) is 4.63. The lowest BCUT2D eigenvalue weighted by Gasteiger charge is -2.39. The minimum absolute atomic E-state index is 0.285. The topological polar surface area (TPSA) is 146 Å². The van der Waals surface area contributed by atoms with E-state index >= 15 is 0 Å². The SMILES string of the molecule is CC(=O)OCC(O)COC1OC(CO)C(O)C(O)C1O. The van der Waals surface area contributed by atoms with Crippen LogP contribution in [0.15, 0.2) is 0 Å². The Balaban J connectivity index is 2.43. The van der Waals surface area contributed by atoms with E-state index < -0.39 is 49.4 Å². The molecule has 1 rings (SSSR count). The molecular weight excluding hydrogens is 276 g/mol. The van der Waals surface area contributed by atoms with E-state index in [0.717, 1.165) is 0 Å². The first-order valence-electron chi connectivity index (χ1n) is 6.10. The summed E-state index contributed by atoms with van der Waals surface area (Å²) in [6.07, 6.45) is -8.08. The van der Waals surface area contributed by atoms with Gasteiger partial charge in [-0.2, -0.15) is 0 Å². The Bertz CT molecular complexity index is 308. The summed E-state index contributed by atoms with van der Waals surface area (Å²) in [5.41, 5.74) is 0.